The van der Waals surface area contributed by atoms with E-state index in [1.165, 1.54) is 5.56 Å². The number of anilines is 2. The zero-order valence-electron chi connectivity index (χ0n) is 18.6. The molecule has 6 nitrogen and oxygen atoms in total. The third-order valence-corrected chi connectivity index (χ3v) is 7.09. The van der Waals surface area contributed by atoms with Crippen molar-refractivity contribution in [1.82, 2.24) is 10.3 Å². The number of piperazine rings is 1. The average molecular weight is 448 g/mol. The number of aromatic nitrogens is 1. The van der Waals surface area contributed by atoms with E-state index < -0.39 is 0 Å². The molecular formula is C25H29N5OS. The number of benzene rings is 1. The van der Waals surface area contributed by atoms with Gasteiger partial charge in [0.05, 0.1) is 29.2 Å². The number of nitrogens with one attached hydrogen (secondary N) is 2. The predicted molar refractivity (Wildman–Crippen MR) is 135 cm³/mol. The summed E-state index contributed by atoms with van der Waals surface area (Å²) < 4.78 is 8.92. The highest BCUT2D eigenvalue weighted by atomic mass is 32.2. The fourth-order valence-corrected chi connectivity index (χ4v) is 5.24. The lowest BCUT2D eigenvalue weighted by molar-refractivity contribution is 0.413. The van der Waals surface area contributed by atoms with Crippen LogP contribution in [0, 0.1) is 0 Å². The van der Waals surface area contributed by atoms with Gasteiger partial charge in [-0.25, -0.2) is 4.99 Å². The van der Waals surface area contributed by atoms with Gasteiger partial charge >= 0.3 is 0 Å². The molecule has 1 atom stereocenters. The van der Waals surface area contributed by atoms with Crippen molar-refractivity contribution in [3.05, 3.63) is 54.2 Å². The molecule has 1 aliphatic carbocycles. The first-order valence-corrected chi connectivity index (χ1v) is 12.1. The molecular weight excluding hydrogens is 418 g/mol. The van der Waals surface area contributed by atoms with E-state index >= 15 is 0 Å². The summed E-state index contributed by atoms with van der Waals surface area (Å²) >= 11 is 1.62. The van der Waals surface area contributed by atoms with Crippen LogP contribution in [0.5, 0.6) is 5.75 Å². The number of hydrogen-bond acceptors (Lipinski definition) is 7. The molecule has 0 radical (unpaired) electrons. The maximum Gasteiger partial charge on any atom is 0.119 e. The Hall–Kier alpha value is -2.77. The molecule has 1 aromatic rings. The number of nitrogens with zero attached hydrogens (tertiary/aromatic N) is 3. The second kappa shape index (κ2) is 9.38. The van der Waals surface area contributed by atoms with Gasteiger partial charge in [-0.05, 0) is 43.0 Å². The van der Waals surface area contributed by atoms with Crippen molar-refractivity contribution in [3.8, 4) is 17.0 Å². The van der Waals surface area contributed by atoms with Crippen molar-refractivity contribution in [2.45, 2.75) is 32.2 Å². The second-order valence-electron chi connectivity index (χ2n) is 8.21. The second-order valence-corrected chi connectivity index (χ2v) is 9.09. The highest BCUT2D eigenvalue weighted by Gasteiger charge is 2.32. The molecule has 4 aliphatic rings. The van der Waals surface area contributed by atoms with Crippen molar-refractivity contribution >= 4 is 34.1 Å². The molecule has 166 valence electrons. The fraction of sp³-hybridized carbons (Fsp3) is 0.360. The van der Waals surface area contributed by atoms with E-state index in [9.17, 15) is 0 Å². The number of rotatable bonds is 6. The molecule has 0 aromatic heterocycles. The molecule has 1 saturated heterocycles. The van der Waals surface area contributed by atoms with E-state index in [2.05, 4.69) is 52.2 Å². The van der Waals surface area contributed by atoms with Crippen LogP contribution in [0.25, 0.3) is 11.3 Å². The maximum atomic E-state index is 5.38. The molecule has 32 heavy (non-hydrogen) atoms. The smallest absolute Gasteiger partial charge is 0.119 e. The monoisotopic (exact) mass is 447 g/mol. The zero-order chi connectivity index (χ0) is 21.9. The molecule has 0 amide bonds. The van der Waals surface area contributed by atoms with Crippen molar-refractivity contribution in [3.63, 3.8) is 0 Å². The van der Waals surface area contributed by atoms with Crippen molar-refractivity contribution in [2.75, 3.05) is 36.4 Å². The zero-order valence-corrected chi connectivity index (χ0v) is 19.4. The third-order valence-electron chi connectivity index (χ3n) is 6.17. The lowest BCUT2D eigenvalue weighted by atomic mass is 10.0. The topological polar surface area (TPSA) is 61.8 Å². The lowest BCUT2D eigenvalue weighted by Crippen LogP contribution is -2.51. The van der Waals surface area contributed by atoms with Gasteiger partial charge in [0.2, 0.25) is 0 Å². The van der Waals surface area contributed by atoms with Crippen molar-refractivity contribution in [1.29, 1.82) is 0 Å². The third kappa shape index (κ3) is 4.14. The first-order valence-electron chi connectivity index (χ1n) is 11.3. The fourth-order valence-electron chi connectivity index (χ4n) is 4.53. The molecule has 2 N–H and O–H groups in total. The summed E-state index contributed by atoms with van der Waals surface area (Å²) in [5, 5.41) is 4.83. The van der Waals surface area contributed by atoms with Gasteiger partial charge in [0, 0.05) is 49.4 Å². The summed E-state index contributed by atoms with van der Waals surface area (Å²) in [5.74, 6) is 0.921. The first-order chi connectivity index (χ1) is 15.8. The molecule has 1 aromatic carbocycles. The summed E-state index contributed by atoms with van der Waals surface area (Å²) in [6.45, 7) is 5.00. The molecule has 0 saturated carbocycles. The predicted octanol–water partition coefficient (Wildman–Crippen LogP) is 5.12. The Kier molecular flexibility index (Phi) is 6.19. The van der Waals surface area contributed by atoms with Crippen LogP contribution in [0.3, 0.4) is 0 Å². The van der Waals surface area contributed by atoms with Crippen LogP contribution < -0.4 is 19.7 Å². The minimum absolute atomic E-state index is 0.411. The van der Waals surface area contributed by atoms with E-state index in [4.69, 9.17) is 14.7 Å². The Balaban J connectivity index is 1.41. The summed E-state index contributed by atoms with van der Waals surface area (Å²) in [4.78, 5) is 12.3. The Morgan fingerprint density at radius 2 is 2.16 bits per heavy atom. The molecule has 3 aliphatic heterocycles. The van der Waals surface area contributed by atoms with E-state index in [0.717, 1.165) is 78.0 Å². The summed E-state index contributed by atoms with van der Waals surface area (Å²) in [6.07, 6.45) is 4.90. The minimum Gasteiger partial charge on any atom is -0.497 e. The van der Waals surface area contributed by atoms with E-state index in [1.54, 1.807) is 19.1 Å². The number of fused-ring (bicyclic) bond motifs is 3. The summed E-state index contributed by atoms with van der Waals surface area (Å²) in [7, 11) is 1.72. The molecule has 5 rings (SSSR count). The van der Waals surface area contributed by atoms with Gasteiger partial charge in [-0.15, -0.1) is 0 Å². The van der Waals surface area contributed by atoms with Crippen LogP contribution in [0.4, 0.5) is 17.1 Å². The van der Waals surface area contributed by atoms with Crippen LogP contribution in [0.15, 0.2) is 53.7 Å². The molecule has 7 heteroatoms. The van der Waals surface area contributed by atoms with Crippen molar-refractivity contribution in [2.24, 2.45) is 4.99 Å². The molecule has 0 bridgehead atoms. The Bertz CT molecular complexity index is 1100. The SMILES string of the molecule is CCC1=Nc2c(c3ccccnc-3c2N2CCN[C@@H](CCc3cccc(OC)c3)C2)NS1. The molecule has 1 fully saturated rings. The highest BCUT2D eigenvalue weighted by molar-refractivity contribution is 8.15. The highest BCUT2D eigenvalue weighted by Crippen LogP contribution is 2.53. The summed E-state index contributed by atoms with van der Waals surface area (Å²) in [6, 6.07) is 15.0. The maximum absolute atomic E-state index is 5.38. The average Bonchev–Trinajstić information content (AvgIpc) is 2.97. The van der Waals surface area contributed by atoms with Gasteiger partial charge in [-0.1, -0.05) is 31.2 Å². The minimum atomic E-state index is 0.411. The Labute approximate surface area is 194 Å². The van der Waals surface area contributed by atoms with E-state index in [1.807, 2.05) is 18.3 Å². The number of aryl methyl sites for hydroxylation is 1. The van der Waals surface area contributed by atoms with Crippen LogP contribution in [0.2, 0.25) is 0 Å². The van der Waals surface area contributed by atoms with Crippen LogP contribution in [0.1, 0.15) is 25.3 Å². The van der Waals surface area contributed by atoms with Crippen LogP contribution in [-0.4, -0.2) is 42.8 Å². The van der Waals surface area contributed by atoms with E-state index in [-0.39, 0.29) is 0 Å². The molecule has 0 spiro atoms. The number of ether oxygens (including phenoxy) is 1. The van der Waals surface area contributed by atoms with Crippen LogP contribution >= 0.6 is 11.9 Å². The number of hydrogen-bond donors (Lipinski definition) is 2. The van der Waals surface area contributed by atoms with Gasteiger partial charge in [-0.2, -0.15) is 0 Å². The molecule has 0 unspecified atom stereocenters. The Morgan fingerprint density at radius 1 is 1.22 bits per heavy atom. The van der Waals surface area contributed by atoms with Gasteiger partial charge in [0.25, 0.3) is 0 Å². The van der Waals surface area contributed by atoms with Gasteiger partial charge in [-0.3, -0.25) is 4.98 Å². The quantitative estimate of drug-likeness (QED) is 0.512. The normalized spacial score (nSPS) is 18.1. The number of aliphatic imine (C=N–C) groups is 1. The summed E-state index contributed by atoms with van der Waals surface area (Å²) in [5.41, 5.74) is 6.78. The van der Waals surface area contributed by atoms with Gasteiger partial charge in [0.1, 0.15) is 11.4 Å². The van der Waals surface area contributed by atoms with E-state index in [0.29, 0.717) is 6.04 Å². The van der Waals surface area contributed by atoms with Gasteiger partial charge < -0.3 is 19.7 Å². The van der Waals surface area contributed by atoms with Crippen LogP contribution in [-0.2, 0) is 6.42 Å². The molecule has 3 heterocycles. The Morgan fingerprint density at radius 3 is 3.03 bits per heavy atom. The largest absolute Gasteiger partial charge is 0.497 e. The standard InChI is InChI=1S/C25H29N5OS/c1-3-21-28-24-22(29-32-21)20-9-4-5-12-27-23(20)25(24)30-14-13-26-18(16-30)11-10-17-7-6-8-19(15-17)31-2/h4-9,12,15,18,26,29H,3,10-11,13-14,16H2,1-2H3/t18-/m0/s1. The van der Waals surface area contributed by atoms with Crippen molar-refractivity contribution < 1.29 is 4.74 Å². The lowest BCUT2D eigenvalue weighted by Gasteiger charge is -2.35. The number of methoxy groups -OCH3 is 1. The first kappa shape index (κ1) is 21.1. The van der Waals surface area contributed by atoms with Gasteiger partial charge in [0.15, 0.2) is 0 Å².